The molecule has 112 valence electrons. The van der Waals surface area contributed by atoms with E-state index in [-0.39, 0.29) is 0 Å². The summed E-state index contributed by atoms with van der Waals surface area (Å²) in [7, 11) is 0. The van der Waals surface area contributed by atoms with E-state index in [9.17, 15) is 0 Å². The number of rotatable bonds is 8. The van der Waals surface area contributed by atoms with E-state index in [2.05, 4.69) is 35.1 Å². The van der Waals surface area contributed by atoms with Crippen LogP contribution < -0.4 is 10.1 Å². The molecule has 0 radical (unpaired) electrons. The number of aromatic nitrogens is 1. The minimum Gasteiger partial charge on any atom is -0.476 e. The molecule has 1 aromatic heterocycles. The molecule has 0 aromatic carbocycles. The molecule has 0 unspecified atom stereocenters. The number of nitrogens with one attached hydrogen (secondary N) is 1. The van der Waals surface area contributed by atoms with Crippen molar-refractivity contribution < 1.29 is 4.74 Å². The summed E-state index contributed by atoms with van der Waals surface area (Å²) in [5.74, 6) is 1.41. The molecule has 1 aromatic rings. The van der Waals surface area contributed by atoms with Crippen LogP contribution in [0.1, 0.15) is 32.3 Å². The minimum absolute atomic E-state index is 0.677. The molecule has 0 saturated carbocycles. The number of likely N-dealkylation sites (tertiary alicyclic amines) is 1. The van der Waals surface area contributed by atoms with E-state index in [0.29, 0.717) is 5.92 Å². The Morgan fingerprint density at radius 1 is 1.30 bits per heavy atom. The first-order chi connectivity index (χ1) is 9.74. The molecule has 1 N–H and O–H groups in total. The van der Waals surface area contributed by atoms with Gasteiger partial charge in [-0.3, -0.25) is 4.90 Å². The first-order valence-electron chi connectivity index (χ1n) is 7.75. The van der Waals surface area contributed by atoms with Crippen LogP contribution in [0.4, 0.5) is 0 Å². The molecule has 4 heteroatoms. The Balaban J connectivity index is 1.65. The van der Waals surface area contributed by atoms with Crippen LogP contribution in [0.15, 0.2) is 18.3 Å². The standard InChI is InChI=1S/C16H27N3O/c1-14(2)11-17-12-15-5-6-16(18-13-15)20-10-9-19-7-3-4-8-19/h5-6,13-14,17H,3-4,7-12H2,1-2H3. The van der Waals surface area contributed by atoms with E-state index in [0.717, 1.165) is 32.1 Å². The molecule has 2 heterocycles. The molecule has 1 saturated heterocycles. The molecule has 4 nitrogen and oxygen atoms in total. The van der Waals surface area contributed by atoms with E-state index in [1.807, 2.05) is 12.3 Å². The van der Waals surface area contributed by atoms with Gasteiger partial charge in [-0.25, -0.2) is 4.98 Å². The summed E-state index contributed by atoms with van der Waals surface area (Å²) in [6.07, 6.45) is 4.56. The van der Waals surface area contributed by atoms with Gasteiger partial charge in [0, 0.05) is 25.4 Å². The van der Waals surface area contributed by atoms with E-state index >= 15 is 0 Å². The van der Waals surface area contributed by atoms with Crippen LogP contribution in [0.25, 0.3) is 0 Å². The summed E-state index contributed by atoms with van der Waals surface area (Å²) in [5, 5.41) is 3.41. The third-order valence-electron chi connectivity index (χ3n) is 3.54. The second-order valence-corrected chi connectivity index (χ2v) is 5.93. The molecule has 0 atom stereocenters. The molecule has 1 aliphatic rings. The number of nitrogens with zero attached hydrogens (tertiary/aromatic N) is 2. The van der Waals surface area contributed by atoms with Crippen LogP contribution in [0.5, 0.6) is 5.88 Å². The fourth-order valence-corrected chi connectivity index (χ4v) is 2.39. The number of ether oxygens (including phenoxy) is 1. The van der Waals surface area contributed by atoms with E-state index in [1.54, 1.807) is 0 Å². The van der Waals surface area contributed by atoms with Gasteiger partial charge in [-0.05, 0) is 44.0 Å². The first kappa shape index (κ1) is 15.3. The van der Waals surface area contributed by atoms with Crippen molar-refractivity contribution in [1.29, 1.82) is 0 Å². The highest BCUT2D eigenvalue weighted by molar-refractivity contribution is 5.17. The van der Waals surface area contributed by atoms with Gasteiger partial charge in [-0.1, -0.05) is 19.9 Å². The molecule has 1 aliphatic heterocycles. The Bertz CT molecular complexity index is 372. The summed E-state index contributed by atoms with van der Waals surface area (Å²) in [5.41, 5.74) is 1.21. The number of pyridine rings is 1. The highest BCUT2D eigenvalue weighted by Gasteiger charge is 2.10. The predicted molar refractivity (Wildman–Crippen MR) is 82.0 cm³/mol. The molecule has 20 heavy (non-hydrogen) atoms. The third kappa shape index (κ3) is 5.47. The molecular weight excluding hydrogens is 250 g/mol. The Morgan fingerprint density at radius 2 is 2.10 bits per heavy atom. The third-order valence-corrected chi connectivity index (χ3v) is 3.54. The van der Waals surface area contributed by atoms with Gasteiger partial charge in [0.15, 0.2) is 0 Å². The summed E-state index contributed by atoms with van der Waals surface area (Å²) >= 11 is 0. The molecule has 0 amide bonds. The summed E-state index contributed by atoms with van der Waals surface area (Å²) in [6, 6.07) is 4.06. The van der Waals surface area contributed by atoms with Crippen LogP contribution in [-0.2, 0) is 6.54 Å². The highest BCUT2D eigenvalue weighted by Crippen LogP contribution is 2.09. The van der Waals surface area contributed by atoms with Crippen molar-refractivity contribution in [2.45, 2.75) is 33.2 Å². The predicted octanol–water partition coefficient (Wildman–Crippen LogP) is 2.30. The van der Waals surface area contributed by atoms with Gasteiger partial charge in [0.25, 0.3) is 0 Å². The van der Waals surface area contributed by atoms with Crippen molar-refractivity contribution in [3.05, 3.63) is 23.9 Å². The lowest BCUT2D eigenvalue weighted by Crippen LogP contribution is -2.25. The first-order valence-corrected chi connectivity index (χ1v) is 7.75. The topological polar surface area (TPSA) is 37.4 Å². The fourth-order valence-electron chi connectivity index (χ4n) is 2.39. The Labute approximate surface area is 122 Å². The fraction of sp³-hybridized carbons (Fsp3) is 0.688. The van der Waals surface area contributed by atoms with Crippen LogP contribution >= 0.6 is 0 Å². The zero-order valence-electron chi connectivity index (χ0n) is 12.8. The van der Waals surface area contributed by atoms with E-state index < -0.39 is 0 Å². The van der Waals surface area contributed by atoms with Crippen molar-refractivity contribution >= 4 is 0 Å². The zero-order chi connectivity index (χ0) is 14.2. The van der Waals surface area contributed by atoms with Gasteiger partial charge in [0.2, 0.25) is 5.88 Å². The van der Waals surface area contributed by atoms with Gasteiger partial charge >= 0.3 is 0 Å². The van der Waals surface area contributed by atoms with Crippen molar-refractivity contribution in [1.82, 2.24) is 15.2 Å². The lowest BCUT2D eigenvalue weighted by atomic mass is 10.2. The Kier molecular flexibility index (Phi) is 6.27. The number of hydrogen-bond acceptors (Lipinski definition) is 4. The summed E-state index contributed by atoms with van der Waals surface area (Å²) in [4.78, 5) is 6.81. The van der Waals surface area contributed by atoms with Crippen molar-refractivity contribution in [3.8, 4) is 5.88 Å². The highest BCUT2D eigenvalue weighted by atomic mass is 16.5. The van der Waals surface area contributed by atoms with Crippen molar-refractivity contribution in [2.75, 3.05) is 32.8 Å². The summed E-state index contributed by atoms with van der Waals surface area (Å²) < 4.78 is 5.69. The second kappa shape index (κ2) is 8.22. The van der Waals surface area contributed by atoms with Gasteiger partial charge < -0.3 is 10.1 Å². The van der Waals surface area contributed by atoms with Gasteiger partial charge in [-0.2, -0.15) is 0 Å². The zero-order valence-corrected chi connectivity index (χ0v) is 12.8. The smallest absolute Gasteiger partial charge is 0.213 e. The lowest BCUT2D eigenvalue weighted by molar-refractivity contribution is 0.232. The average Bonchev–Trinajstić information content (AvgIpc) is 2.93. The van der Waals surface area contributed by atoms with Gasteiger partial charge in [-0.15, -0.1) is 0 Å². The second-order valence-electron chi connectivity index (χ2n) is 5.93. The molecule has 0 bridgehead atoms. The lowest BCUT2D eigenvalue weighted by Gasteiger charge is -2.14. The van der Waals surface area contributed by atoms with Crippen molar-refractivity contribution in [3.63, 3.8) is 0 Å². The molecule has 2 rings (SSSR count). The number of hydrogen-bond donors (Lipinski definition) is 1. The molecule has 1 fully saturated rings. The summed E-state index contributed by atoms with van der Waals surface area (Å²) in [6.45, 7) is 10.5. The maximum absolute atomic E-state index is 5.69. The van der Waals surface area contributed by atoms with E-state index in [1.165, 1.54) is 31.5 Å². The van der Waals surface area contributed by atoms with Crippen LogP contribution in [0.3, 0.4) is 0 Å². The van der Waals surface area contributed by atoms with Crippen LogP contribution in [0, 0.1) is 5.92 Å². The Morgan fingerprint density at radius 3 is 2.75 bits per heavy atom. The van der Waals surface area contributed by atoms with Gasteiger partial charge in [0.05, 0.1) is 0 Å². The van der Waals surface area contributed by atoms with Crippen LogP contribution in [-0.4, -0.2) is 42.7 Å². The van der Waals surface area contributed by atoms with Crippen LogP contribution in [0.2, 0.25) is 0 Å². The minimum atomic E-state index is 0.677. The maximum Gasteiger partial charge on any atom is 0.213 e. The van der Waals surface area contributed by atoms with E-state index in [4.69, 9.17) is 4.74 Å². The average molecular weight is 277 g/mol. The van der Waals surface area contributed by atoms with Crippen molar-refractivity contribution in [2.24, 2.45) is 5.92 Å². The molecule has 0 spiro atoms. The quantitative estimate of drug-likeness (QED) is 0.791. The monoisotopic (exact) mass is 277 g/mol. The molecule has 0 aliphatic carbocycles. The SMILES string of the molecule is CC(C)CNCc1ccc(OCCN2CCCC2)nc1. The van der Waals surface area contributed by atoms with Gasteiger partial charge in [0.1, 0.15) is 6.61 Å². The molecular formula is C16H27N3O. The maximum atomic E-state index is 5.69. The largest absolute Gasteiger partial charge is 0.476 e. The normalized spacial score (nSPS) is 15.9. The Hall–Kier alpha value is -1.13.